The number of pyridine rings is 1. The predicted octanol–water partition coefficient (Wildman–Crippen LogP) is 1.31. The van der Waals surface area contributed by atoms with Gasteiger partial charge in [-0.3, -0.25) is 4.98 Å². The van der Waals surface area contributed by atoms with Crippen LogP contribution in [0.15, 0.2) is 36.9 Å². The molecule has 2 rings (SSSR count). The van der Waals surface area contributed by atoms with Crippen molar-refractivity contribution < 1.29 is 0 Å². The molecule has 2 aromatic rings. The third kappa shape index (κ3) is 2.41. The van der Waals surface area contributed by atoms with Crippen molar-refractivity contribution in [3.63, 3.8) is 0 Å². The zero-order valence-corrected chi connectivity index (χ0v) is 8.64. The molecule has 4 heteroatoms. The Bertz CT molecular complexity index is 382. The molecule has 0 aromatic carbocycles. The number of likely N-dealkylation sites (N-methyl/N-ethyl adjacent to an activating group) is 1. The minimum Gasteiger partial charge on any atom is -0.347 e. The van der Waals surface area contributed by atoms with E-state index in [0.29, 0.717) is 0 Å². The van der Waals surface area contributed by atoms with E-state index in [0.717, 1.165) is 12.2 Å². The van der Waals surface area contributed by atoms with Crippen LogP contribution in [0.3, 0.4) is 0 Å². The van der Waals surface area contributed by atoms with Crippen LogP contribution >= 0.6 is 0 Å². The van der Waals surface area contributed by atoms with Crippen LogP contribution in [0.1, 0.15) is 17.4 Å². The van der Waals surface area contributed by atoms with E-state index in [1.807, 2.05) is 25.5 Å². The lowest BCUT2D eigenvalue weighted by molar-refractivity contribution is 0.562. The van der Waals surface area contributed by atoms with Gasteiger partial charge in [0.25, 0.3) is 0 Å². The van der Waals surface area contributed by atoms with E-state index in [1.54, 1.807) is 12.4 Å². The SMILES string of the molecule is CNC(Cc1cccnc1)c1ncc[nH]1. The molecule has 0 amide bonds. The smallest absolute Gasteiger partial charge is 0.123 e. The first-order valence-corrected chi connectivity index (χ1v) is 4.95. The maximum atomic E-state index is 4.25. The van der Waals surface area contributed by atoms with Crippen molar-refractivity contribution in [3.05, 3.63) is 48.3 Å². The normalized spacial score (nSPS) is 12.6. The molecule has 78 valence electrons. The fourth-order valence-corrected chi connectivity index (χ4v) is 1.56. The van der Waals surface area contributed by atoms with Crippen molar-refractivity contribution in [2.24, 2.45) is 0 Å². The number of H-pyrrole nitrogens is 1. The molecule has 2 N–H and O–H groups in total. The Hall–Kier alpha value is -1.68. The molecule has 0 fully saturated rings. The molecule has 0 bridgehead atoms. The Balaban J connectivity index is 2.10. The summed E-state index contributed by atoms with van der Waals surface area (Å²) in [7, 11) is 1.93. The lowest BCUT2D eigenvalue weighted by Gasteiger charge is -2.13. The van der Waals surface area contributed by atoms with E-state index in [9.17, 15) is 0 Å². The molecule has 0 saturated carbocycles. The summed E-state index contributed by atoms with van der Waals surface area (Å²) in [6.45, 7) is 0. The average Bonchev–Trinajstić information content (AvgIpc) is 2.81. The molecule has 0 aliphatic rings. The third-order valence-electron chi connectivity index (χ3n) is 2.36. The number of hydrogen-bond acceptors (Lipinski definition) is 3. The summed E-state index contributed by atoms with van der Waals surface area (Å²) in [6, 6.07) is 4.23. The van der Waals surface area contributed by atoms with Crippen LogP contribution in [-0.4, -0.2) is 22.0 Å². The molecule has 15 heavy (non-hydrogen) atoms. The Labute approximate surface area is 88.8 Å². The lowest BCUT2D eigenvalue weighted by Crippen LogP contribution is -2.20. The fraction of sp³-hybridized carbons (Fsp3) is 0.273. The van der Waals surface area contributed by atoms with Crippen molar-refractivity contribution in [2.45, 2.75) is 12.5 Å². The highest BCUT2D eigenvalue weighted by atomic mass is 15.0. The van der Waals surface area contributed by atoms with Crippen LogP contribution < -0.4 is 5.32 Å². The Morgan fingerprint density at radius 2 is 2.40 bits per heavy atom. The molecule has 1 atom stereocenters. The summed E-state index contributed by atoms with van der Waals surface area (Å²) in [6.07, 6.45) is 8.15. The van der Waals surface area contributed by atoms with Crippen LogP contribution in [0, 0.1) is 0 Å². The molecular formula is C11H14N4. The van der Waals surface area contributed by atoms with Crippen molar-refractivity contribution >= 4 is 0 Å². The Morgan fingerprint density at radius 1 is 1.47 bits per heavy atom. The predicted molar refractivity (Wildman–Crippen MR) is 58.3 cm³/mol. The largest absolute Gasteiger partial charge is 0.347 e. The first-order valence-electron chi connectivity index (χ1n) is 4.95. The van der Waals surface area contributed by atoms with Gasteiger partial charge < -0.3 is 10.3 Å². The van der Waals surface area contributed by atoms with Crippen LogP contribution in [0.2, 0.25) is 0 Å². The van der Waals surface area contributed by atoms with Crippen LogP contribution in [0.4, 0.5) is 0 Å². The number of nitrogens with one attached hydrogen (secondary N) is 2. The molecule has 2 heterocycles. The Morgan fingerprint density at radius 3 is 3.00 bits per heavy atom. The molecule has 0 spiro atoms. The topological polar surface area (TPSA) is 53.6 Å². The van der Waals surface area contributed by atoms with E-state index in [2.05, 4.69) is 26.3 Å². The molecule has 2 aromatic heterocycles. The van der Waals surface area contributed by atoms with Gasteiger partial charge in [0.15, 0.2) is 0 Å². The first kappa shape index (κ1) is 9.86. The number of aromatic nitrogens is 3. The second-order valence-electron chi connectivity index (χ2n) is 3.38. The molecule has 4 nitrogen and oxygen atoms in total. The van der Waals surface area contributed by atoms with Gasteiger partial charge in [-0.15, -0.1) is 0 Å². The number of nitrogens with zero attached hydrogens (tertiary/aromatic N) is 2. The van der Waals surface area contributed by atoms with Gasteiger partial charge in [0.1, 0.15) is 5.82 Å². The van der Waals surface area contributed by atoms with Gasteiger partial charge in [-0.1, -0.05) is 6.07 Å². The van der Waals surface area contributed by atoms with Crippen molar-refractivity contribution in [2.75, 3.05) is 7.05 Å². The van der Waals surface area contributed by atoms with Crippen LogP contribution in [0.5, 0.6) is 0 Å². The standard InChI is InChI=1S/C11H14N4/c1-12-10(11-14-5-6-15-11)7-9-3-2-4-13-8-9/h2-6,8,10,12H,7H2,1H3,(H,14,15). The fourth-order valence-electron chi connectivity index (χ4n) is 1.56. The zero-order valence-electron chi connectivity index (χ0n) is 8.64. The maximum absolute atomic E-state index is 4.25. The van der Waals surface area contributed by atoms with Gasteiger partial charge >= 0.3 is 0 Å². The minimum absolute atomic E-state index is 0.212. The summed E-state index contributed by atoms with van der Waals surface area (Å²) in [4.78, 5) is 11.5. The lowest BCUT2D eigenvalue weighted by atomic mass is 10.1. The van der Waals surface area contributed by atoms with Crippen LogP contribution in [0.25, 0.3) is 0 Å². The molecular weight excluding hydrogens is 188 g/mol. The van der Waals surface area contributed by atoms with Gasteiger partial charge in [-0.05, 0) is 25.1 Å². The van der Waals surface area contributed by atoms with Gasteiger partial charge in [0, 0.05) is 24.8 Å². The Kier molecular flexibility index (Phi) is 3.09. The van der Waals surface area contributed by atoms with Gasteiger partial charge in [0.05, 0.1) is 6.04 Å². The van der Waals surface area contributed by atoms with Crippen LogP contribution in [-0.2, 0) is 6.42 Å². The number of hydrogen-bond donors (Lipinski definition) is 2. The average molecular weight is 202 g/mol. The minimum atomic E-state index is 0.212. The van der Waals surface area contributed by atoms with E-state index >= 15 is 0 Å². The number of imidazole rings is 1. The van der Waals surface area contributed by atoms with E-state index in [4.69, 9.17) is 0 Å². The van der Waals surface area contributed by atoms with Crippen molar-refractivity contribution in [1.82, 2.24) is 20.3 Å². The van der Waals surface area contributed by atoms with Crippen molar-refractivity contribution in [3.8, 4) is 0 Å². The highest BCUT2D eigenvalue weighted by molar-refractivity contribution is 5.12. The van der Waals surface area contributed by atoms with Gasteiger partial charge in [-0.2, -0.15) is 0 Å². The molecule has 0 saturated heterocycles. The molecule has 1 unspecified atom stereocenters. The third-order valence-corrected chi connectivity index (χ3v) is 2.36. The van der Waals surface area contributed by atoms with E-state index in [-0.39, 0.29) is 6.04 Å². The van der Waals surface area contributed by atoms with Gasteiger partial charge in [-0.25, -0.2) is 4.98 Å². The summed E-state index contributed by atoms with van der Waals surface area (Å²) in [5.74, 6) is 0.960. The summed E-state index contributed by atoms with van der Waals surface area (Å²) >= 11 is 0. The zero-order chi connectivity index (χ0) is 10.5. The molecule has 0 aliphatic heterocycles. The second kappa shape index (κ2) is 4.70. The van der Waals surface area contributed by atoms with E-state index < -0.39 is 0 Å². The highest BCUT2D eigenvalue weighted by Crippen LogP contribution is 2.13. The summed E-state index contributed by atoms with van der Waals surface area (Å²) in [5.41, 5.74) is 1.20. The van der Waals surface area contributed by atoms with E-state index in [1.165, 1.54) is 5.56 Å². The monoisotopic (exact) mass is 202 g/mol. The maximum Gasteiger partial charge on any atom is 0.123 e. The summed E-state index contributed by atoms with van der Waals surface area (Å²) < 4.78 is 0. The highest BCUT2D eigenvalue weighted by Gasteiger charge is 2.11. The first-order chi connectivity index (χ1) is 7.40. The van der Waals surface area contributed by atoms with Crippen molar-refractivity contribution in [1.29, 1.82) is 0 Å². The number of aromatic amines is 1. The molecule has 0 aliphatic carbocycles. The quantitative estimate of drug-likeness (QED) is 0.786. The number of rotatable bonds is 4. The summed E-state index contributed by atoms with van der Waals surface area (Å²) in [5, 5.41) is 3.23. The van der Waals surface area contributed by atoms with Gasteiger partial charge in [0.2, 0.25) is 0 Å². The second-order valence-corrected chi connectivity index (χ2v) is 3.38. The molecule has 0 radical (unpaired) electrons.